The van der Waals surface area contributed by atoms with E-state index in [0.717, 1.165) is 128 Å². The minimum atomic E-state index is -0.793. The zero-order valence-corrected chi connectivity index (χ0v) is 51.2. The van der Waals surface area contributed by atoms with E-state index in [1.807, 2.05) is 0 Å². The number of hydrogen-bond acceptors (Lipinski definition) is 6. The smallest absolute Gasteiger partial charge is 0.306 e. The van der Waals surface area contributed by atoms with Crippen LogP contribution in [0.3, 0.4) is 0 Å². The maximum atomic E-state index is 12.9. The lowest BCUT2D eigenvalue weighted by atomic mass is 10.1. The molecular weight excluding hydrogens is 961 g/mol. The molecule has 446 valence electrons. The second-order valence-electron chi connectivity index (χ2n) is 21.6. The summed E-state index contributed by atoms with van der Waals surface area (Å²) in [6, 6.07) is 0. The van der Waals surface area contributed by atoms with Gasteiger partial charge in [0.15, 0.2) is 6.10 Å². The quantitative estimate of drug-likeness (QED) is 0.0261. The van der Waals surface area contributed by atoms with Crippen molar-refractivity contribution in [3.63, 3.8) is 0 Å². The van der Waals surface area contributed by atoms with Gasteiger partial charge in [-0.2, -0.15) is 0 Å². The van der Waals surface area contributed by atoms with Gasteiger partial charge < -0.3 is 14.2 Å². The monoisotopic (exact) mass is 1080 g/mol. The molecule has 6 heteroatoms. The number of hydrogen-bond donors (Lipinski definition) is 0. The number of carbonyl (C=O) groups excluding carboxylic acids is 3. The van der Waals surface area contributed by atoms with Gasteiger partial charge >= 0.3 is 17.9 Å². The van der Waals surface area contributed by atoms with Crippen LogP contribution in [0.2, 0.25) is 0 Å². The van der Waals surface area contributed by atoms with Crippen LogP contribution in [-0.2, 0) is 28.6 Å². The van der Waals surface area contributed by atoms with E-state index in [9.17, 15) is 14.4 Å². The van der Waals surface area contributed by atoms with Crippen LogP contribution in [0.15, 0.2) is 109 Å². The number of rotatable bonds is 59. The number of allylic oxidation sites excluding steroid dienone is 18. The van der Waals surface area contributed by atoms with E-state index in [0.29, 0.717) is 19.3 Å². The van der Waals surface area contributed by atoms with Crippen molar-refractivity contribution in [2.75, 3.05) is 13.2 Å². The van der Waals surface area contributed by atoms with Crippen molar-refractivity contribution in [2.24, 2.45) is 0 Å². The molecule has 0 saturated heterocycles. The Bertz CT molecular complexity index is 1570. The molecule has 6 nitrogen and oxygen atoms in total. The Morgan fingerprint density at radius 3 is 0.821 bits per heavy atom. The molecule has 0 aromatic carbocycles. The summed E-state index contributed by atoms with van der Waals surface area (Å²) in [6.07, 6.45) is 89.5. The van der Waals surface area contributed by atoms with Crippen molar-refractivity contribution in [3.05, 3.63) is 109 Å². The van der Waals surface area contributed by atoms with E-state index in [-0.39, 0.29) is 31.1 Å². The third-order valence-electron chi connectivity index (χ3n) is 14.0. The largest absolute Gasteiger partial charge is 0.462 e. The number of esters is 3. The molecule has 0 aromatic heterocycles. The molecule has 0 aromatic rings. The lowest BCUT2D eigenvalue weighted by Gasteiger charge is -2.18. The minimum absolute atomic E-state index is 0.0889. The Labute approximate surface area is 482 Å². The van der Waals surface area contributed by atoms with Gasteiger partial charge in [-0.15, -0.1) is 0 Å². The van der Waals surface area contributed by atoms with Gasteiger partial charge in [-0.05, 0) is 128 Å². The van der Waals surface area contributed by atoms with Gasteiger partial charge in [0, 0.05) is 19.3 Å². The highest BCUT2D eigenvalue weighted by atomic mass is 16.6. The highest BCUT2D eigenvalue weighted by Crippen LogP contribution is 2.15. The normalized spacial score (nSPS) is 12.8. The van der Waals surface area contributed by atoms with Crippen molar-refractivity contribution in [3.8, 4) is 0 Å². The van der Waals surface area contributed by atoms with Crippen molar-refractivity contribution in [1.29, 1.82) is 0 Å². The molecule has 0 radical (unpaired) electrons. The fourth-order valence-electron chi connectivity index (χ4n) is 9.06. The van der Waals surface area contributed by atoms with E-state index in [1.165, 1.54) is 141 Å². The topological polar surface area (TPSA) is 78.9 Å². The molecule has 1 unspecified atom stereocenters. The molecule has 0 spiro atoms. The Morgan fingerprint density at radius 2 is 0.500 bits per heavy atom. The zero-order valence-electron chi connectivity index (χ0n) is 51.2. The van der Waals surface area contributed by atoms with Gasteiger partial charge in [-0.25, -0.2) is 0 Å². The van der Waals surface area contributed by atoms with Gasteiger partial charge in [0.2, 0.25) is 0 Å². The fourth-order valence-corrected chi connectivity index (χ4v) is 9.06. The Hall–Kier alpha value is -3.93. The third-order valence-corrected chi connectivity index (χ3v) is 14.0. The van der Waals surface area contributed by atoms with Crippen LogP contribution in [0.25, 0.3) is 0 Å². The second-order valence-corrected chi connectivity index (χ2v) is 21.6. The van der Waals surface area contributed by atoms with Gasteiger partial charge in [0.25, 0.3) is 0 Å². The standard InChI is InChI=1S/C72H122O6/c1-4-7-10-13-16-19-22-25-28-30-32-33-34-35-36-37-38-39-40-42-44-47-50-53-56-59-62-65-71(74)77-68-69(67-76-70(73)64-61-58-55-52-49-46-43-27-24-21-18-15-12-9-6-3)78-72(75)66-63-60-57-54-51-48-45-41-31-29-26-23-20-17-14-11-8-5-2/h7,10,16,18-19,21,25,27-29,31-33,35-36,38-39,43,69H,4-6,8-9,11-15,17,20,22-24,26,30,34,37,40-42,44-68H2,1-3H3/b10-7-,19-16-,21-18-,28-25-,31-29-,33-32-,36-35-,39-38-,43-27-. The molecule has 0 fully saturated rings. The van der Waals surface area contributed by atoms with Crippen LogP contribution >= 0.6 is 0 Å². The number of carbonyl (C=O) groups is 3. The van der Waals surface area contributed by atoms with Gasteiger partial charge in [0.1, 0.15) is 13.2 Å². The lowest BCUT2D eigenvalue weighted by molar-refractivity contribution is -0.167. The summed E-state index contributed by atoms with van der Waals surface area (Å²) >= 11 is 0. The summed E-state index contributed by atoms with van der Waals surface area (Å²) in [7, 11) is 0. The summed E-state index contributed by atoms with van der Waals surface area (Å²) in [5.41, 5.74) is 0. The first-order valence-corrected chi connectivity index (χ1v) is 32.9. The average molecular weight is 1080 g/mol. The first-order chi connectivity index (χ1) is 38.5. The average Bonchev–Trinajstić information content (AvgIpc) is 3.44. The summed E-state index contributed by atoms with van der Waals surface area (Å²) in [6.45, 7) is 6.50. The molecule has 0 heterocycles. The Morgan fingerprint density at radius 1 is 0.269 bits per heavy atom. The van der Waals surface area contributed by atoms with Crippen molar-refractivity contribution < 1.29 is 28.6 Å². The predicted molar refractivity (Wildman–Crippen MR) is 339 cm³/mol. The van der Waals surface area contributed by atoms with E-state index >= 15 is 0 Å². The number of ether oxygens (including phenoxy) is 3. The summed E-state index contributed by atoms with van der Waals surface area (Å²) in [4.78, 5) is 38.4. The fraction of sp³-hybridized carbons (Fsp3) is 0.708. The molecule has 0 aliphatic rings. The molecule has 0 aliphatic heterocycles. The second kappa shape index (κ2) is 65.6. The van der Waals surface area contributed by atoms with Gasteiger partial charge in [0.05, 0.1) is 0 Å². The zero-order chi connectivity index (χ0) is 56.4. The van der Waals surface area contributed by atoms with Crippen LogP contribution in [-0.4, -0.2) is 37.2 Å². The molecule has 0 N–H and O–H groups in total. The Balaban J connectivity index is 4.37. The van der Waals surface area contributed by atoms with Crippen LogP contribution in [0.5, 0.6) is 0 Å². The van der Waals surface area contributed by atoms with Crippen molar-refractivity contribution in [1.82, 2.24) is 0 Å². The predicted octanol–water partition coefficient (Wildman–Crippen LogP) is 22.6. The summed E-state index contributed by atoms with van der Waals surface area (Å²) in [5.74, 6) is -0.906. The maximum Gasteiger partial charge on any atom is 0.306 e. The Kier molecular flexibility index (Phi) is 62.3. The summed E-state index contributed by atoms with van der Waals surface area (Å²) in [5, 5.41) is 0. The van der Waals surface area contributed by atoms with Crippen LogP contribution in [0.4, 0.5) is 0 Å². The van der Waals surface area contributed by atoms with Gasteiger partial charge in [-0.1, -0.05) is 271 Å². The molecule has 0 saturated carbocycles. The van der Waals surface area contributed by atoms with Crippen molar-refractivity contribution >= 4 is 17.9 Å². The minimum Gasteiger partial charge on any atom is -0.462 e. The van der Waals surface area contributed by atoms with Crippen LogP contribution in [0.1, 0.15) is 310 Å². The maximum absolute atomic E-state index is 12.9. The summed E-state index contributed by atoms with van der Waals surface area (Å²) < 4.78 is 16.9. The lowest BCUT2D eigenvalue weighted by Crippen LogP contribution is -2.30. The van der Waals surface area contributed by atoms with E-state index in [4.69, 9.17) is 14.2 Å². The molecule has 1 atom stereocenters. The van der Waals surface area contributed by atoms with Crippen molar-refractivity contribution in [2.45, 2.75) is 316 Å². The third kappa shape index (κ3) is 62.9. The molecule has 0 rings (SSSR count). The van der Waals surface area contributed by atoms with Crippen LogP contribution in [0, 0.1) is 0 Å². The van der Waals surface area contributed by atoms with Gasteiger partial charge in [-0.3, -0.25) is 14.4 Å². The molecule has 0 aliphatic carbocycles. The highest BCUT2D eigenvalue weighted by Gasteiger charge is 2.19. The molecule has 0 amide bonds. The first kappa shape index (κ1) is 74.1. The first-order valence-electron chi connectivity index (χ1n) is 32.9. The van der Waals surface area contributed by atoms with Crippen LogP contribution < -0.4 is 0 Å². The highest BCUT2D eigenvalue weighted by molar-refractivity contribution is 5.71. The van der Waals surface area contributed by atoms with E-state index < -0.39 is 6.10 Å². The molecular formula is C72H122O6. The number of unbranched alkanes of at least 4 members (excludes halogenated alkanes) is 30. The molecule has 0 bridgehead atoms. The van der Waals surface area contributed by atoms with E-state index in [2.05, 4.69) is 130 Å². The SMILES string of the molecule is CC/C=C\C/C=C\C/C=C\C/C=C\C/C=C\C/C=C\CCCCCCCCCCC(=O)OCC(COC(=O)CCCCCCC/C=C\C/C=C\CCCCC)OC(=O)CCCCCCCCC/C=C\CCCCCCCCC. The van der Waals surface area contributed by atoms with E-state index in [1.54, 1.807) is 0 Å². The molecule has 78 heavy (non-hydrogen) atoms.